The molecule has 21 heavy (non-hydrogen) atoms. The summed E-state index contributed by atoms with van der Waals surface area (Å²) in [5.74, 6) is 0.646. The van der Waals surface area contributed by atoms with Gasteiger partial charge in [-0.2, -0.15) is 0 Å². The minimum absolute atomic E-state index is 0.0840. The second-order valence-corrected chi connectivity index (χ2v) is 6.89. The molecule has 0 aliphatic heterocycles. The molecule has 0 unspecified atom stereocenters. The van der Waals surface area contributed by atoms with Crippen molar-refractivity contribution in [1.29, 1.82) is 0 Å². The lowest BCUT2D eigenvalue weighted by Gasteiger charge is -2.21. The van der Waals surface area contributed by atoms with E-state index in [9.17, 15) is 4.39 Å². The average Bonchev–Trinajstić information content (AvgIpc) is 2.41. The Kier molecular flexibility index (Phi) is 4.54. The Hall–Kier alpha value is -1.20. The van der Waals surface area contributed by atoms with Crippen LogP contribution >= 0.6 is 27.5 Å². The Morgan fingerprint density at radius 1 is 1.24 bits per heavy atom. The van der Waals surface area contributed by atoms with Gasteiger partial charge in [0.25, 0.3) is 0 Å². The number of hydrogen-bond donors (Lipinski definition) is 1. The predicted molar refractivity (Wildman–Crippen MR) is 88.4 cm³/mol. The summed E-state index contributed by atoms with van der Waals surface area (Å²) < 4.78 is 14.5. The van der Waals surface area contributed by atoms with Crippen molar-refractivity contribution in [3.63, 3.8) is 0 Å². The van der Waals surface area contributed by atoms with Gasteiger partial charge in [0.05, 0.1) is 15.2 Å². The summed E-state index contributed by atoms with van der Waals surface area (Å²) in [6.45, 7) is 6.18. The van der Waals surface area contributed by atoms with Crippen LogP contribution in [-0.2, 0) is 5.41 Å². The lowest BCUT2D eigenvalue weighted by molar-refractivity contribution is 0.564. The van der Waals surface area contributed by atoms with Gasteiger partial charge in [-0.1, -0.05) is 32.4 Å². The van der Waals surface area contributed by atoms with Gasteiger partial charge in [-0.15, -0.1) is 0 Å². The van der Waals surface area contributed by atoms with E-state index in [4.69, 9.17) is 11.6 Å². The van der Waals surface area contributed by atoms with E-state index >= 15 is 0 Å². The summed E-state index contributed by atoms with van der Waals surface area (Å²) >= 11 is 9.25. The summed E-state index contributed by atoms with van der Waals surface area (Å²) in [5, 5.41) is 3.11. The Bertz CT molecular complexity index is 683. The molecule has 1 aromatic heterocycles. The minimum Gasteiger partial charge on any atom is -0.372 e. The van der Waals surface area contributed by atoms with Crippen molar-refractivity contribution in [3.8, 4) is 11.4 Å². The van der Waals surface area contributed by atoms with Crippen molar-refractivity contribution in [2.24, 2.45) is 0 Å². The van der Waals surface area contributed by atoms with E-state index in [1.54, 1.807) is 13.1 Å². The fourth-order valence-electron chi connectivity index (χ4n) is 1.87. The van der Waals surface area contributed by atoms with Crippen LogP contribution in [0.2, 0.25) is 5.02 Å². The number of rotatable bonds is 2. The number of anilines is 1. The minimum atomic E-state index is -0.482. The number of halogens is 3. The highest BCUT2D eigenvalue weighted by Crippen LogP contribution is 2.34. The Morgan fingerprint density at radius 2 is 1.90 bits per heavy atom. The third-order valence-corrected chi connectivity index (χ3v) is 4.03. The van der Waals surface area contributed by atoms with Crippen LogP contribution in [0, 0.1) is 5.82 Å². The zero-order chi connectivity index (χ0) is 15.8. The highest BCUT2D eigenvalue weighted by atomic mass is 79.9. The molecule has 2 aromatic rings. The number of benzene rings is 1. The van der Waals surface area contributed by atoms with Gasteiger partial charge < -0.3 is 5.32 Å². The molecule has 0 atom stereocenters. The van der Waals surface area contributed by atoms with E-state index in [-0.39, 0.29) is 10.4 Å². The maximum Gasteiger partial charge on any atom is 0.161 e. The molecule has 0 bridgehead atoms. The number of aromatic nitrogens is 2. The molecule has 1 heterocycles. The third kappa shape index (κ3) is 3.35. The first-order valence-electron chi connectivity index (χ1n) is 6.45. The van der Waals surface area contributed by atoms with Crippen LogP contribution in [0.5, 0.6) is 0 Å². The Morgan fingerprint density at radius 3 is 2.43 bits per heavy atom. The summed E-state index contributed by atoms with van der Waals surface area (Å²) in [7, 11) is 1.78. The second kappa shape index (κ2) is 5.89. The average molecular weight is 373 g/mol. The number of nitrogens with zero attached hydrogens (tertiary/aromatic N) is 2. The fourth-order valence-corrected chi connectivity index (χ4v) is 2.96. The van der Waals surface area contributed by atoms with E-state index in [1.807, 2.05) is 0 Å². The van der Waals surface area contributed by atoms with Gasteiger partial charge in [0.2, 0.25) is 0 Å². The maximum absolute atomic E-state index is 13.6. The normalized spacial score (nSPS) is 11.6. The molecule has 0 radical (unpaired) electrons. The molecule has 1 aromatic carbocycles. The molecule has 3 nitrogen and oxygen atoms in total. The van der Waals surface area contributed by atoms with Gasteiger partial charge in [-0.05, 0) is 34.1 Å². The lowest BCUT2D eigenvalue weighted by Crippen LogP contribution is -2.17. The molecule has 112 valence electrons. The van der Waals surface area contributed by atoms with Crippen LogP contribution < -0.4 is 5.32 Å². The van der Waals surface area contributed by atoms with Gasteiger partial charge in [-0.3, -0.25) is 0 Å². The quantitative estimate of drug-likeness (QED) is 0.802. The van der Waals surface area contributed by atoms with Crippen LogP contribution in [0.4, 0.5) is 10.2 Å². The molecule has 0 aliphatic carbocycles. The third-order valence-electron chi connectivity index (χ3n) is 2.98. The van der Waals surface area contributed by atoms with Crippen molar-refractivity contribution in [2.75, 3.05) is 12.4 Å². The van der Waals surface area contributed by atoms with Gasteiger partial charge in [0, 0.05) is 18.0 Å². The summed E-state index contributed by atoms with van der Waals surface area (Å²) in [4.78, 5) is 9.01. The molecule has 0 amide bonds. The molecule has 6 heteroatoms. The smallest absolute Gasteiger partial charge is 0.161 e. The van der Waals surface area contributed by atoms with E-state index in [1.165, 1.54) is 12.1 Å². The Labute approximate surface area is 137 Å². The summed E-state index contributed by atoms with van der Waals surface area (Å²) in [5.41, 5.74) is 1.27. The van der Waals surface area contributed by atoms with Gasteiger partial charge in [-0.25, -0.2) is 14.4 Å². The van der Waals surface area contributed by atoms with Crippen molar-refractivity contribution in [2.45, 2.75) is 26.2 Å². The van der Waals surface area contributed by atoms with Gasteiger partial charge >= 0.3 is 0 Å². The van der Waals surface area contributed by atoms with Crippen LogP contribution in [0.15, 0.2) is 22.7 Å². The molecule has 0 spiro atoms. The predicted octanol–water partition coefficient (Wildman–Crippen LogP) is 5.04. The highest BCUT2D eigenvalue weighted by molar-refractivity contribution is 9.10. The lowest BCUT2D eigenvalue weighted by atomic mass is 9.91. The monoisotopic (exact) mass is 371 g/mol. The van der Waals surface area contributed by atoms with Gasteiger partial charge in [0.1, 0.15) is 11.6 Å². The standard InChI is InChI=1S/C15H16BrClFN3/c1-15(2,3)12-11(16)14(19-4)21-13(20-12)8-5-6-9(17)10(18)7-8/h5-7H,1-4H3,(H,19,20,21). The molecule has 0 fully saturated rings. The van der Waals surface area contributed by atoms with Crippen LogP contribution in [0.1, 0.15) is 26.5 Å². The molecule has 0 aliphatic rings. The van der Waals surface area contributed by atoms with Crippen molar-refractivity contribution < 1.29 is 4.39 Å². The topological polar surface area (TPSA) is 37.8 Å². The largest absolute Gasteiger partial charge is 0.372 e. The van der Waals surface area contributed by atoms with E-state index in [0.717, 1.165) is 10.2 Å². The highest BCUT2D eigenvalue weighted by Gasteiger charge is 2.23. The number of nitrogens with one attached hydrogen (secondary N) is 1. The Balaban J connectivity index is 2.66. The molecule has 0 saturated heterocycles. The summed E-state index contributed by atoms with van der Waals surface area (Å²) in [6, 6.07) is 4.56. The molecule has 1 N–H and O–H groups in total. The van der Waals surface area contributed by atoms with Crippen LogP contribution in [0.25, 0.3) is 11.4 Å². The molecular weight excluding hydrogens is 357 g/mol. The zero-order valence-electron chi connectivity index (χ0n) is 12.3. The second-order valence-electron chi connectivity index (χ2n) is 5.69. The zero-order valence-corrected chi connectivity index (χ0v) is 14.6. The number of hydrogen-bond acceptors (Lipinski definition) is 3. The van der Waals surface area contributed by atoms with E-state index in [2.05, 4.69) is 52.0 Å². The van der Waals surface area contributed by atoms with Crippen LogP contribution in [-0.4, -0.2) is 17.0 Å². The first kappa shape index (κ1) is 16.2. The molecule has 2 rings (SSSR count). The molecule has 0 saturated carbocycles. The van der Waals surface area contributed by atoms with Crippen molar-refractivity contribution in [1.82, 2.24) is 9.97 Å². The molecular formula is C15H16BrClFN3. The van der Waals surface area contributed by atoms with Crippen LogP contribution in [0.3, 0.4) is 0 Å². The maximum atomic E-state index is 13.6. The van der Waals surface area contributed by atoms with Crippen molar-refractivity contribution in [3.05, 3.63) is 39.2 Å². The van der Waals surface area contributed by atoms with Gasteiger partial charge in [0.15, 0.2) is 5.82 Å². The van der Waals surface area contributed by atoms with Crippen molar-refractivity contribution >= 4 is 33.3 Å². The first-order chi connectivity index (χ1) is 9.74. The SMILES string of the molecule is CNc1nc(-c2ccc(Cl)c(F)c2)nc(C(C)(C)C)c1Br. The fraction of sp³-hybridized carbons (Fsp3) is 0.333. The summed E-state index contributed by atoms with van der Waals surface area (Å²) in [6.07, 6.45) is 0. The van der Waals surface area contributed by atoms with E-state index < -0.39 is 5.82 Å². The first-order valence-corrected chi connectivity index (χ1v) is 7.62. The van der Waals surface area contributed by atoms with E-state index in [0.29, 0.717) is 17.2 Å².